The fraction of sp³-hybridized carbons (Fsp3) is 0.238. The van der Waals surface area contributed by atoms with Crippen LogP contribution in [0, 0.1) is 6.92 Å². The van der Waals surface area contributed by atoms with Crippen molar-refractivity contribution in [3.05, 3.63) is 77.5 Å². The molecule has 1 aromatic carbocycles. The summed E-state index contributed by atoms with van der Waals surface area (Å²) in [6.07, 6.45) is 9.38. The molecule has 0 aliphatic heterocycles. The van der Waals surface area contributed by atoms with Gasteiger partial charge in [0.15, 0.2) is 0 Å². The molecular formula is C21H21N3O2S. The quantitative estimate of drug-likeness (QED) is 0.426. The Bertz CT molecular complexity index is 988. The third kappa shape index (κ3) is 4.65. The van der Waals surface area contributed by atoms with Gasteiger partial charge >= 0.3 is 0 Å². The van der Waals surface area contributed by atoms with Gasteiger partial charge in [0, 0.05) is 23.8 Å². The Kier molecular flexibility index (Phi) is 5.34. The predicted molar refractivity (Wildman–Crippen MR) is 106 cm³/mol. The van der Waals surface area contributed by atoms with Crippen molar-refractivity contribution in [3.63, 3.8) is 0 Å². The van der Waals surface area contributed by atoms with E-state index in [-0.39, 0.29) is 0 Å². The number of ether oxygens (including phenoxy) is 1. The van der Waals surface area contributed by atoms with Crippen LogP contribution in [0.5, 0.6) is 5.75 Å². The number of rotatable bonds is 8. The van der Waals surface area contributed by atoms with E-state index in [4.69, 9.17) is 9.15 Å². The first kappa shape index (κ1) is 17.5. The summed E-state index contributed by atoms with van der Waals surface area (Å²) in [5.74, 6) is 1.51. The fourth-order valence-corrected chi connectivity index (χ4v) is 3.67. The molecule has 0 saturated heterocycles. The molecule has 0 amide bonds. The third-order valence-corrected chi connectivity index (χ3v) is 5.22. The maximum atomic E-state index is 5.91. The molecule has 4 rings (SSSR count). The highest BCUT2D eigenvalue weighted by atomic mass is 32.1. The van der Waals surface area contributed by atoms with Crippen molar-refractivity contribution in [1.82, 2.24) is 14.5 Å². The highest BCUT2D eigenvalue weighted by Gasteiger charge is 2.09. The van der Waals surface area contributed by atoms with Gasteiger partial charge in [-0.3, -0.25) is 0 Å². The Morgan fingerprint density at radius 2 is 2.19 bits per heavy atom. The second-order valence-corrected chi connectivity index (χ2v) is 7.68. The number of aryl methyl sites for hydroxylation is 3. The Labute approximate surface area is 162 Å². The lowest BCUT2D eigenvalue weighted by atomic mass is 10.1. The van der Waals surface area contributed by atoms with Gasteiger partial charge in [-0.1, -0.05) is 12.1 Å². The number of aromatic nitrogens is 3. The van der Waals surface area contributed by atoms with Gasteiger partial charge in [0.05, 0.1) is 11.2 Å². The van der Waals surface area contributed by atoms with Gasteiger partial charge in [-0.25, -0.2) is 9.97 Å². The maximum absolute atomic E-state index is 5.91. The topological polar surface area (TPSA) is 53.1 Å². The number of oxazole rings is 1. The van der Waals surface area contributed by atoms with Gasteiger partial charge in [-0.2, -0.15) is 0 Å². The minimum Gasteiger partial charge on any atom is -0.487 e. The van der Waals surface area contributed by atoms with E-state index in [1.54, 1.807) is 17.6 Å². The molecule has 0 atom stereocenters. The highest BCUT2D eigenvalue weighted by Crippen LogP contribution is 2.27. The first-order chi connectivity index (χ1) is 13.3. The van der Waals surface area contributed by atoms with Crippen molar-refractivity contribution in [2.75, 3.05) is 0 Å². The molecule has 3 heterocycles. The molecule has 0 fully saturated rings. The molecular weight excluding hydrogens is 358 g/mol. The van der Waals surface area contributed by atoms with Crippen LogP contribution < -0.4 is 4.74 Å². The summed E-state index contributed by atoms with van der Waals surface area (Å²) in [6, 6.07) is 12.3. The molecule has 0 radical (unpaired) electrons. The molecule has 0 N–H and O–H groups in total. The van der Waals surface area contributed by atoms with Crippen LogP contribution in [0.4, 0.5) is 0 Å². The van der Waals surface area contributed by atoms with Crippen molar-refractivity contribution in [2.45, 2.75) is 32.9 Å². The predicted octanol–water partition coefficient (Wildman–Crippen LogP) is 5.12. The van der Waals surface area contributed by atoms with Crippen LogP contribution in [-0.2, 0) is 19.6 Å². The van der Waals surface area contributed by atoms with Crippen LogP contribution in [0.25, 0.3) is 10.8 Å². The van der Waals surface area contributed by atoms with Gasteiger partial charge < -0.3 is 13.7 Å². The van der Waals surface area contributed by atoms with Crippen molar-refractivity contribution >= 4 is 11.3 Å². The molecule has 0 bridgehead atoms. The van der Waals surface area contributed by atoms with Gasteiger partial charge in [0.1, 0.15) is 24.3 Å². The molecule has 5 nitrogen and oxygen atoms in total. The lowest BCUT2D eigenvalue weighted by Crippen LogP contribution is -1.98. The van der Waals surface area contributed by atoms with E-state index in [0.29, 0.717) is 12.5 Å². The molecule has 27 heavy (non-hydrogen) atoms. The Morgan fingerprint density at radius 3 is 3.00 bits per heavy atom. The smallest absolute Gasteiger partial charge is 0.236 e. The minimum absolute atomic E-state index is 0.395. The zero-order chi connectivity index (χ0) is 18.5. The monoisotopic (exact) mass is 379 g/mol. The van der Waals surface area contributed by atoms with Gasteiger partial charge in [0.25, 0.3) is 0 Å². The van der Waals surface area contributed by atoms with Gasteiger partial charge in [-0.05, 0) is 49.6 Å². The van der Waals surface area contributed by atoms with Crippen molar-refractivity contribution in [1.29, 1.82) is 0 Å². The number of nitrogens with zero attached hydrogens (tertiary/aromatic N) is 3. The molecule has 138 valence electrons. The van der Waals surface area contributed by atoms with Crippen LogP contribution in [0.3, 0.4) is 0 Å². The second kappa shape index (κ2) is 8.22. The number of benzene rings is 1. The second-order valence-electron chi connectivity index (χ2n) is 6.39. The van der Waals surface area contributed by atoms with Crippen LogP contribution in [0.1, 0.15) is 22.6 Å². The molecule has 0 saturated carbocycles. The van der Waals surface area contributed by atoms with E-state index in [9.17, 15) is 0 Å². The zero-order valence-corrected chi connectivity index (χ0v) is 16.0. The largest absolute Gasteiger partial charge is 0.487 e. The van der Waals surface area contributed by atoms with E-state index in [0.717, 1.165) is 35.7 Å². The summed E-state index contributed by atoms with van der Waals surface area (Å²) < 4.78 is 13.6. The van der Waals surface area contributed by atoms with E-state index >= 15 is 0 Å². The minimum atomic E-state index is 0.395. The maximum Gasteiger partial charge on any atom is 0.236 e. The number of thiophene rings is 1. The molecule has 0 aliphatic carbocycles. The van der Waals surface area contributed by atoms with Crippen LogP contribution >= 0.6 is 11.3 Å². The molecule has 6 heteroatoms. The summed E-state index contributed by atoms with van der Waals surface area (Å²) in [7, 11) is 0. The zero-order valence-electron chi connectivity index (χ0n) is 15.2. The lowest BCUT2D eigenvalue weighted by Gasteiger charge is -2.07. The molecule has 3 aromatic heterocycles. The molecule has 0 spiro atoms. The molecule has 0 unspecified atom stereocenters. The van der Waals surface area contributed by atoms with Crippen molar-refractivity contribution < 1.29 is 9.15 Å². The Hall–Kier alpha value is -2.86. The standard InChI is InChI=1S/C21H21N3O2S/c1-16-7-8-20(27-16)21-23-18(14-26-21)13-25-19-6-2-4-17(12-19)5-3-10-24-11-9-22-15-24/h2,4,6-9,11-12,14-15H,3,5,10,13H2,1H3. The van der Waals surface area contributed by atoms with E-state index in [1.165, 1.54) is 10.4 Å². The molecule has 4 aromatic rings. The van der Waals surface area contributed by atoms with Crippen molar-refractivity contribution in [2.24, 2.45) is 0 Å². The Morgan fingerprint density at radius 1 is 1.22 bits per heavy atom. The summed E-state index contributed by atoms with van der Waals surface area (Å²) in [5.41, 5.74) is 2.06. The first-order valence-electron chi connectivity index (χ1n) is 8.95. The normalized spacial score (nSPS) is 11.0. The Balaban J connectivity index is 1.31. The third-order valence-electron chi connectivity index (χ3n) is 4.23. The first-order valence-corrected chi connectivity index (χ1v) is 9.76. The highest BCUT2D eigenvalue weighted by molar-refractivity contribution is 7.15. The SMILES string of the molecule is Cc1ccc(-c2nc(COc3cccc(CCCn4ccnc4)c3)co2)s1. The summed E-state index contributed by atoms with van der Waals surface area (Å²) in [5, 5.41) is 0. The average molecular weight is 379 g/mol. The number of hydrogen-bond donors (Lipinski definition) is 0. The average Bonchev–Trinajstić information content (AvgIpc) is 3.42. The fourth-order valence-electron chi connectivity index (χ4n) is 2.87. The number of hydrogen-bond acceptors (Lipinski definition) is 5. The summed E-state index contributed by atoms with van der Waals surface area (Å²) in [4.78, 5) is 10.9. The van der Waals surface area contributed by atoms with Crippen LogP contribution in [0.2, 0.25) is 0 Å². The van der Waals surface area contributed by atoms with Gasteiger partial charge in [-0.15, -0.1) is 11.3 Å². The number of imidazole rings is 1. The summed E-state index contributed by atoms with van der Waals surface area (Å²) >= 11 is 1.67. The lowest BCUT2D eigenvalue weighted by molar-refractivity contribution is 0.300. The van der Waals surface area contributed by atoms with E-state index in [1.807, 2.05) is 36.9 Å². The molecule has 0 aliphatic rings. The summed E-state index contributed by atoms with van der Waals surface area (Å²) in [6.45, 7) is 3.44. The van der Waals surface area contributed by atoms with E-state index in [2.05, 4.69) is 39.7 Å². The van der Waals surface area contributed by atoms with E-state index < -0.39 is 0 Å². The van der Waals surface area contributed by atoms with Crippen LogP contribution in [0.15, 0.2) is 65.8 Å². The van der Waals surface area contributed by atoms with Gasteiger partial charge in [0.2, 0.25) is 5.89 Å². The van der Waals surface area contributed by atoms with Crippen molar-refractivity contribution in [3.8, 4) is 16.5 Å². The van der Waals surface area contributed by atoms with Crippen LogP contribution in [-0.4, -0.2) is 14.5 Å².